The van der Waals surface area contributed by atoms with Gasteiger partial charge < -0.3 is 5.32 Å². The number of hydrogen-bond donors (Lipinski definition) is 1. The molecule has 0 fully saturated rings. The third-order valence-electron chi connectivity index (χ3n) is 2.79. The largest absolute Gasteiger partial charge is 0.349 e. The van der Waals surface area contributed by atoms with Crippen molar-refractivity contribution in [3.63, 3.8) is 0 Å². The van der Waals surface area contributed by atoms with E-state index in [1.165, 1.54) is 6.07 Å². The van der Waals surface area contributed by atoms with Gasteiger partial charge in [0.25, 0.3) is 5.91 Å². The van der Waals surface area contributed by atoms with Gasteiger partial charge in [0.2, 0.25) is 0 Å². The predicted molar refractivity (Wildman–Crippen MR) is 73.4 cm³/mol. The van der Waals surface area contributed by atoms with Gasteiger partial charge in [0.15, 0.2) is 0 Å². The molecule has 0 aliphatic heterocycles. The maximum absolute atomic E-state index is 13.6. The van der Waals surface area contributed by atoms with Crippen LogP contribution in [0.5, 0.6) is 0 Å². The molecule has 0 spiro atoms. The molecule has 2 nitrogen and oxygen atoms in total. The van der Waals surface area contributed by atoms with Gasteiger partial charge >= 0.3 is 0 Å². The minimum Gasteiger partial charge on any atom is -0.349 e. The Morgan fingerprint density at radius 3 is 2.88 bits per heavy atom. The SMILES string of the molecule is O=C(N[C@H]1CC=CCC1)c1c(F)cccc1I. The molecule has 0 saturated carbocycles. The Bertz CT molecular complexity index is 438. The molecule has 0 unspecified atom stereocenters. The predicted octanol–water partition coefficient (Wildman–Crippen LogP) is 3.27. The molecule has 17 heavy (non-hydrogen) atoms. The second kappa shape index (κ2) is 5.62. The first-order valence-electron chi connectivity index (χ1n) is 5.58. The highest BCUT2D eigenvalue weighted by molar-refractivity contribution is 14.1. The summed E-state index contributed by atoms with van der Waals surface area (Å²) in [5, 5.41) is 2.88. The molecule has 1 aliphatic rings. The Labute approximate surface area is 113 Å². The van der Waals surface area contributed by atoms with Gasteiger partial charge in [-0.25, -0.2) is 4.39 Å². The summed E-state index contributed by atoms with van der Waals surface area (Å²) in [7, 11) is 0. The number of halogens is 2. The molecule has 0 saturated heterocycles. The molecule has 1 amide bonds. The number of rotatable bonds is 2. The van der Waals surface area contributed by atoms with Crippen LogP contribution in [0, 0.1) is 9.39 Å². The molecule has 4 heteroatoms. The third kappa shape index (κ3) is 3.06. The molecule has 90 valence electrons. The molecule has 0 bridgehead atoms. The number of nitrogens with one attached hydrogen (secondary N) is 1. The minimum atomic E-state index is -0.458. The first-order valence-corrected chi connectivity index (χ1v) is 6.66. The summed E-state index contributed by atoms with van der Waals surface area (Å²) in [6, 6.07) is 4.79. The highest BCUT2D eigenvalue weighted by atomic mass is 127. The van der Waals surface area contributed by atoms with Crippen LogP contribution in [0.3, 0.4) is 0 Å². The lowest BCUT2D eigenvalue weighted by molar-refractivity contribution is 0.0929. The Kier molecular flexibility index (Phi) is 4.15. The van der Waals surface area contributed by atoms with Crippen LogP contribution in [0.4, 0.5) is 4.39 Å². The van der Waals surface area contributed by atoms with E-state index in [0.717, 1.165) is 19.3 Å². The van der Waals surface area contributed by atoms with Gasteiger partial charge in [0.05, 0.1) is 5.56 Å². The van der Waals surface area contributed by atoms with Crippen LogP contribution in [0.25, 0.3) is 0 Å². The average molecular weight is 345 g/mol. The van der Waals surface area contributed by atoms with E-state index in [0.29, 0.717) is 3.57 Å². The molecule has 1 aromatic carbocycles. The molecule has 1 aliphatic carbocycles. The zero-order valence-corrected chi connectivity index (χ0v) is 11.4. The number of amides is 1. The summed E-state index contributed by atoms with van der Waals surface area (Å²) in [4.78, 5) is 12.0. The number of allylic oxidation sites excluding steroid dienone is 1. The lowest BCUT2D eigenvalue weighted by Crippen LogP contribution is -2.36. The zero-order valence-electron chi connectivity index (χ0n) is 9.25. The lowest BCUT2D eigenvalue weighted by atomic mass is 10.0. The smallest absolute Gasteiger partial charge is 0.255 e. The molecule has 1 aromatic rings. The standard InChI is InChI=1S/C13H13FINO/c14-10-7-4-8-11(15)12(10)13(17)16-9-5-2-1-3-6-9/h1-2,4,7-9H,3,5-6H2,(H,16,17)/t9-/m0/s1. The van der Waals surface area contributed by atoms with Crippen molar-refractivity contribution in [2.45, 2.75) is 25.3 Å². The van der Waals surface area contributed by atoms with E-state index in [1.54, 1.807) is 12.1 Å². The summed E-state index contributed by atoms with van der Waals surface area (Å²) >= 11 is 1.98. The van der Waals surface area contributed by atoms with Gasteiger partial charge in [0, 0.05) is 9.61 Å². The Hall–Kier alpha value is -0.910. The highest BCUT2D eigenvalue weighted by Crippen LogP contribution is 2.17. The van der Waals surface area contributed by atoms with Crippen molar-refractivity contribution < 1.29 is 9.18 Å². The van der Waals surface area contributed by atoms with Crippen LogP contribution in [0.1, 0.15) is 29.6 Å². The van der Waals surface area contributed by atoms with Gasteiger partial charge in [-0.3, -0.25) is 4.79 Å². The van der Waals surface area contributed by atoms with Crippen LogP contribution < -0.4 is 5.32 Å². The summed E-state index contributed by atoms with van der Waals surface area (Å²) in [6.45, 7) is 0. The van der Waals surface area contributed by atoms with E-state index in [1.807, 2.05) is 22.6 Å². The van der Waals surface area contributed by atoms with E-state index in [9.17, 15) is 9.18 Å². The van der Waals surface area contributed by atoms with Crippen molar-refractivity contribution in [1.82, 2.24) is 5.32 Å². The fourth-order valence-electron chi connectivity index (χ4n) is 1.90. The van der Waals surface area contributed by atoms with Gasteiger partial charge in [0.1, 0.15) is 5.82 Å². The third-order valence-corrected chi connectivity index (χ3v) is 3.69. The van der Waals surface area contributed by atoms with Crippen LogP contribution >= 0.6 is 22.6 Å². The Morgan fingerprint density at radius 1 is 1.41 bits per heavy atom. The first kappa shape index (κ1) is 12.5. The zero-order chi connectivity index (χ0) is 12.3. The summed E-state index contributed by atoms with van der Waals surface area (Å²) in [6.07, 6.45) is 6.89. The second-order valence-electron chi connectivity index (χ2n) is 4.05. The lowest BCUT2D eigenvalue weighted by Gasteiger charge is -2.19. The van der Waals surface area contributed by atoms with Crippen LogP contribution in [-0.2, 0) is 0 Å². The van der Waals surface area contributed by atoms with Crippen molar-refractivity contribution in [3.8, 4) is 0 Å². The molecule has 1 atom stereocenters. The molecule has 2 rings (SSSR count). The minimum absolute atomic E-state index is 0.128. The Balaban J connectivity index is 2.11. The summed E-state index contributed by atoms with van der Waals surface area (Å²) in [5.74, 6) is -0.770. The van der Waals surface area contributed by atoms with Crippen molar-refractivity contribution in [2.75, 3.05) is 0 Å². The molecular weight excluding hydrogens is 332 g/mol. The van der Waals surface area contributed by atoms with E-state index in [4.69, 9.17) is 0 Å². The van der Waals surface area contributed by atoms with Crippen molar-refractivity contribution >= 4 is 28.5 Å². The summed E-state index contributed by atoms with van der Waals surface area (Å²) in [5.41, 5.74) is 0.155. The van der Waals surface area contributed by atoms with E-state index < -0.39 is 5.82 Å². The number of carbonyl (C=O) groups excluding carboxylic acids is 1. The molecule has 0 aromatic heterocycles. The van der Waals surface area contributed by atoms with E-state index in [-0.39, 0.29) is 17.5 Å². The number of hydrogen-bond acceptors (Lipinski definition) is 1. The van der Waals surface area contributed by atoms with Crippen molar-refractivity contribution in [2.24, 2.45) is 0 Å². The maximum atomic E-state index is 13.6. The van der Waals surface area contributed by atoms with Crippen LogP contribution in [0.2, 0.25) is 0 Å². The van der Waals surface area contributed by atoms with Gasteiger partial charge in [-0.05, 0) is 54.0 Å². The van der Waals surface area contributed by atoms with E-state index in [2.05, 4.69) is 17.5 Å². The van der Waals surface area contributed by atoms with Gasteiger partial charge in [-0.1, -0.05) is 18.2 Å². The fraction of sp³-hybridized carbons (Fsp3) is 0.308. The molecule has 0 heterocycles. The van der Waals surface area contributed by atoms with Gasteiger partial charge in [-0.2, -0.15) is 0 Å². The average Bonchev–Trinajstić information content (AvgIpc) is 2.30. The van der Waals surface area contributed by atoms with Crippen molar-refractivity contribution in [3.05, 3.63) is 45.3 Å². The van der Waals surface area contributed by atoms with Crippen LogP contribution in [0.15, 0.2) is 30.4 Å². The van der Waals surface area contributed by atoms with E-state index >= 15 is 0 Å². The summed E-state index contributed by atoms with van der Waals surface area (Å²) < 4.78 is 14.2. The van der Waals surface area contributed by atoms with Crippen molar-refractivity contribution in [1.29, 1.82) is 0 Å². The molecule has 1 N–H and O–H groups in total. The van der Waals surface area contributed by atoms with Gasteiger partial charge in [-0.15, -0.1) is 0 Å². The van der Waals surface area contributed by atoms with Crippen LogP contribution in [-0.4, -0.2) is 11.9 Å². The first-order chi connectivity index (χ1) is 8.18. The Morgan fingerprint density at radius 2 is 2.24 bits per heavy atom. The quantitative estimate of drug-likeness (QED) is 0.647. The monoisotopic (exact) mass is 345 g/mol. The molecular formula is C13H13FINO. The second-order valence-corrected chi connectivity index (χ2v) is 5.21. The number of benzene rings is 1. The normalized spacial score (nSPS) is 19.1. The fourth-order valence-corrected chi connectivity index (χ4v) is 2.61. The highest BCUT2D eigenvalue weighted by Gasteiger charge is 2.19. The maximum Gasteiger partial charge on any atom is 0.255 e. The molecule has 0 radical (unpaired) electrons. The number of carbonyl (C=O) groups is 1. The topological polar surface area (TPSA) is 29.1 Å².